The number of fused-ring (bicyclic) bond motifs is 1. The van der Waals surface area contributed by atoms with Gasteiger partial charge in [0.25, 0.3) is 0 Å². The molecule has 0 saturated carbocycles. The van der Waals surface area contributed by atoms with E-state index in [1.165, 1.54) is 0 Å². The molecule has 0 bridgehead atoms. The summed E-state index contributed by atoms with van der Waals surface area (Å²) in [5.41, 5.74) is 3.08. The molecule has 2 unspecified atom stereocenters. The molecular formula is C14H20N2O2. The van der Waals surface area contributed by atoms with Gasteiger partial charge < -0.3 is 10.1 Å². The van der Waals surface area contributed by atoms with Crippen LogP contribution in [0, 0.1) is 6.92 Å². The minimum atomic E-state index is -0.268. The van der Waals surface area contributed by atoms with Crippen molar-refractivity contribution in [1.82, 2.24) is 5.32 Å². The Kier molecular flexibility index (Phi) is 3.99. The predicted octanol–water partition coefficient (Wildman–Crippen LogP) is 2.00. The summed E-state index contributed by atoms with van der Waals surface area (Å²) in [6.45, 7) is 7.30. The first-order valence-electron chi connectivity index (χ1n) is 6.37. The third-order valence-electron chi connectivity index (χ3n) is 3.15. The second-order valence-corrected chi connectivity index (χ2v) is 4.69. The molecule has 1 aromatic rings. The van der Waals surface area contributed by atoms with Gasteiger partial charge in [-0.25, -0.2) is 0 Å². The number of benzene rings is 1. The van der Waals surface area contributed by atoms with Gasteiger partial charge in [0.2, 0.25) is 5.91 Å². The molecule has 1 aliphatic rings. The third-order valence-corrected chi connectivity index (χ3v) is 3.15. The van der Waals surface area contributed by atoms with E-state index in [0.717, 1.165) is 16.8 Å². The van der Waals surface area contributed by atoms with Crippen LogP contribution in [-0.4, -0.2) is 25.2 Å². The van der Waals surface area contributed by atoms with Crippen molar-refractivity contribution in [2.45, 2.75) is 32.9 Å². The first kappa shape index (κ1) is 13.1. The zero-order valence-electron chi connectivity index (χ0n) is 11.1. The standard InChI is InChI=1S/C14H20N2O2/c1-4-18-8-10(3)15-13-11-7-5-6-9(2)12(11)16-14(13)17/h5-7,10,13,15H,4,8H2,1-3H3,(H,16,17). The lowest BCUT2D eigenvalue weighted by Gasteiger charge is -2.18. The Labute approximate surface area is 108 Å². The van der Waals surface area contributed by atoms with E-state index in [9.17, 15) is 4.79 Å². The summed E-state index contributed by atoms with van der Waals surface area (Å²) in [5, 5.41) is 6.24. The molecule has 18 heavy (non-hydrogen) atoms. The predicted molar refractivity (Wildman–Crippen MR) is 71.6 cm³/mol. The van der Waals surface area contributed by atoms with Gasteiger partial charge in [-0.2, -0.15) is 0 Å². The molecule has 1 amide bonds. The summed E-state index contributed by atoms with van der Waals surface area (Å²) >= 11 is 0. The minimum Gasteiger partial charge on any atom is -0.380 e. The molecule has 1 aromatic carbocycles. The molecule has 2 N–H and O–H groups in total. The number of rotatable bonds is 5. The lowest BCUT2D eigenvalue weighted by molar-refractivity contribution is -0.117. The summed E-state index contributed by atoms with van der Waals surface area (Å²) in [6.07, 6.45) is 0. The average Bonchev–Trinajstić information content (AvgIpc) is 2.66. The largest absolute Gasteiger partial charge is 0.380 e. The number of carbonyl (C=O) groups is 1. The van der Waals surface area contributed by atoms with Crippen LogP contribution in [0.5, 0.6) is 0 Å². The van der Waals surface area contributed by atoms with Gasteiger partial charge in [0.05, 0.1) is 6.61 Å². The molecular weight excluding hydrogens is 228 g/mol. The number of nitrogens with one attached hydrogen (secondary N) is 2. The summed E-state index contributed by atoms with van der Waals surface area (Å²) in [5.74, 6) is 0.0163. The SMILES string of the molecule is CCOCC(C)NC1C(=O)Nc2c(C)cccc21. The Balaban J connectivity index is 2.11. The van der Waals surface area contributed by atoms with Gasteiger partial charge in [-0.15, -0.1) is 0 Å². The quantitative estimate of drug-likeness (QED) is 0.838. The topological polar surface area (TPSA) is 50.4 Å². The summed E-state index contributed by atoms with van der Waals surface area (Å²) in [6, 6.07) is 5.86. The average molecular weight is 248 g/mol. The van der Waals surface area contributed by atoms with Crippen LogP contribution in [0.4, 0.5) is 5.69 Å². The zero-order chi connectivity index (χ0) is 13.1. The van der Waals surface area contributed by atoms with Crippen molar-refractivity contribution in [3.05, 3.63) is 29.3 Å². The number of carbonyl (C=O) groups excluding carboxylic acids is 1. The molecule has 4 heteroatoms. The normalized spacial score (nSPS) is 19.5. The molecule has 1 heterocycles. The molecule has 0 saturated heterocycles. The van der Waals surface area contributed by atoms with Crippen molar-refractivity contribution in [2.75, 3.05) is 18.5 Å². The third kappa shape index (κ3) is 2.54. The fourth-order valence-corrected chi connectivity index (χ4v) is 2.23. The second kappa shape index (κ2) is 5.50. The van der Waals surface area contributed by atoms with Crippen molar-refractivity contribution in [3.63, 3.8) is 0 Å². The molecule has 0 aliphatic carbocycles. The molecule has 4 nitrogen and oxygen atoms in total. The maximum Gasteiger partial charge on any atom is 0.246 e. The fourth-order valence-electron chi connectivity index (χ4n) is 2.23. The number of hydrogen-bond acceptors (Lipinski definition) is 3. The Bertz CT molecular complexity index is 445. The van der Waals surface area contributed by atoms with Gasteiger partial charge in [0.15, 0.2) is 0 Å². The molecule has 0 spiro atoms. The summed E-state index contributed by atoms with van der Waals surface area (Å²) in [7, 11) is 0. The van der Waals surface area contributed by atoms with Crippen molar-refractivity contribution in [2.24, 2.45) is 0 Å². The Morgan fingerprint density at radius 3 is 3.00 bits per heavy atom. The van der Waals surface area contributed by atoms with E-state index in [0.29, 0.717) is 13.2 Å². The fraction of sp³-hybridized carbons (Fsp3) is 0.500. The van der Waals surface area contributed by atoms with E-state index in [4.69, 9.17) is 4.74 Å². The highest BCUT2D eigenvalue weighted by Gasteiger charge is 2.31. The minimum absolute atomic E-state index is 0.0163. The number of ether oxygens (including phenoxy) is 1. The van der Waals surface area contributed by atoms with Gasteiger partial charge in [-0.05, 0) is 26.3 Å². The van der Waals surface area contributed by atoms with E-state index in [2.05, 4.69) is 10.6 Å². The van der Waals surface area contributed by atoms with Crippen molar-refractivity contribution in [3.8, 4) is 0 Å². The number of para-hydroxylation sites is 1. The highest BCUT2D eigenvalue weighted by Crippen LogP contribution is 2.33. The van der Waals surface area contributed by atoms with Gasteiger partial charge in [0, 0.05) is 23.9 Å². The van der Waals surface area contributed by atoms with Crippen LogP contribution >= 0.6 is 0 Å². The molecule has 0 radical (unpaired) electrons. The van der Waals surface area contributed by atoms with Gasteiger partial charge >= 0.3 is 0 Å². The Hall–Kier alpha value is -1.39. The van der Waals surface area contributed by atoms with Gasteiger partial charge in [-0.1, -0.05) is 18.2 Å². The molecule has 2 atom stereocenters. The molecule has 1 aliphatic heterocycles. The maximum absolute atomic E-state index is 12.0. The lowest BCUT2D eigenvalue weighted by Crippen LogP contribution is -2.37. The highest BCUT2D eigenvalue weighted by atomic mass is 16.5. The van der Waals surface area contributed by atoms with Crippen LogP contribution in [-0.2, 0) is 9.53 Å². The smallest absolute Gasteiger partial charge is 0.246 e. The van der Waals surface area contributed by atoms with E-state index in [1.807, 2.05) is 39.0 Å². The van der Waals surface area contributed by atoms with Crippen LogP contribution in [0.15, 0.2) is 18.2 Å². The number of anilines is 1. The van der Waals surface area contributed by atoms with Crippen LogP contribution in [0.25, 0.3) is 0 Å². The number of aryl methyl sites for hydroxylation is 1. The lowest BCUT2D eigenvalue weighted by atomic mass is 10.0. The number of amides is 1. The van der Waals surface area contributed by atoms with Crippen LogP contribution in [0.2, 0.25) is 0 Å². The second-order valence-electron chi connectivity index (χ2n) is 4.69. The van der Waals surface area contributed by atoms with E-state index in [1.54, 1.807) is 0 Å². The van der Waals surface area contributed by atoms with Crippen LogP contribution < -0.4 is 10.6 Å². The summed E-state index contributed by atoms with van der Waals surface area (Å²) in [4.78, 5) is 12.0. The first-order valence-corrected chi connectivity index (χ1v) is 6.37. The molecule has 0 aromatic heterocycles. The molecule has 0 fully saturated rings. The van der Waals surface area contributed by atoms with Gasteiger partial charge in [-0.3, -0.25) is 10.1 Å². The highest BCUT2D eigenvalue weighted by molar-refractivity contribution is 6.03. The Morgan fingerprint density at radius 1 is 1.50 bits per heavy atom. The van der Waals surface area contributed by atoms with Crippen molar-refractivity contribution < 1.29 is 9.53 Å². The van der Waals surface area contributed by atoms with E-state index in [-0.39, 0.29) is 18.0 Å². The zero-order valence-corrected chi connectivity index (χ0v) is 11.1. The molecule has 98 valence electrons. The Morgan fingerprint density at radius 2 is 2.28 bits per heavy atom. The molecule has 2 rings (SSSR count). The van der Waals surface area contributed by atoms with Crippen LogP contribution in [0.3, 0.4) is 0 Å². The first-order chi connectivity index (χ1) is 8.63. The maximum atomic E-state index is 12.0. The van der Waals surface area contributed by atoms with Crippen molar-refractivity contribution in [1.29, 1.82) is 0 Å². The van der Waals surface area contributed by atoms with E-state index >= 15 is 0 Å². The monoisotopic (exact) mass is 248 g/mol. The number of hydrogen-bond donors (Lipinski definition) is 2. The van der Waals surface area contributed by atoms with E-state index < -0.39 is 0 Å². The summed E-state index contributed by atoms with van der Waals surface area (Å²) < 4.78 is 5.36. The van der Waals surface area contributed by atoms with Crippen LogP contribution in [0.1, 0.15) is 31.0 Å². The van der Waals surface area contributed by atoms with Gasteiger partial charge in [0.1, 0.15) is 6.04 Å². The van der Waals surface area contributed by atoms with Crippen molar-refractivity contribution >= 4 is 11.6 Å².